The zero-order valence-electron chi connectivity index (χ0n) is 14.1. The van der Waals surface area contributed by atoms with Crippen molar-refractivity contribution in [2.75, 3.05) is 26.8 Å². The fourth-order valence-corrected chi connectivity index (χ4v) is 4.10. The number of benzene rings is 1. The zero-order valence-corrected chi connectivity index (χ0v) is 14.9. The van der Waals surface area contributed by atoms with Crippen LogP contribution in [0.1, 0.15) is 44.9 Å². The highest BCUT2D eigenvalue weighted by Gasteiger charge is 2.37. The smallest absolute Gasteiger partial charge is 0.120 e. The Morgan fingerprint density at radius 1 is 1.17 bits per heavy atom. The van der Waals surface area contributed by atoms with Gasteiger partial charge in [-0.15, -0.1) is 0 Å². The number of rotatable bonds is 5. The van der Waals surface area contributed by atoms with Crippen molar-refractivity contribution in [1.29, 1.82) is 0 Å². The average Bonchev–Trinajstić information content (AvgIpc) is 2.61. The van der Waals surface area contributed by atoms with E-state index in [2.05, 4.69) is 4.90 Å². The summed E-state index contributed by atoms with van der Waals surface area (Å²) in [6.07, 6.45) is 9.04. The Labute approximate surface area is 144 Å². The summed E-state index contributed by atoms with van der Waals surface area (Å²) in [6, 6.07) is 8.40. The average molecular weight is 338 g/mol. The number of halogens is 1. The number of nitrogens with zero attached hydrogens (tertiary/aromatic N) is 1. The number of hydrogen-bond acceptors (Lipinski definition) is 3. The Morgan fingerprint density at radius 2 is 1.91 bits per heavy atom. The van der Waals surface area contributed by atoms with Crippen LogP contribution in [-0.4, -0.2) is 43.3 Å². The standard InChI is InChI=1S/C19H28ClNO2/c1-22-19(15-23-18-9-5-6-16(20)14-18)10-12-21(13-11-19)17-7-3-2-4-8-17/h5-6,9,14,17H,2-4,7-8,10-13,15H2,1H3. The van der Waals surface area contributed by atoms with Crippen molar-refractivity contribution >= 4 is 11.6 Å². The minimum absolute atomic E-state index is 0.159. The molecule has 0 atom stereocenters. The quantitative estimate of drug-likeness (QED) is 0.787. The summed E-state index contributed by atoms with van der Waals surface area (Å²) < 4.78 is 11.9. The molecule has 1 aromatic rings. The third-order valence-corrected chi connectivity index (χ3v) is 5.77. The molecule has 0 aromatic heterocycles. The molecular formula is C19H28ClNO2. The van der Waals surface area contributed by atoms with Gasteiger partial charge >= 0.3 is 0 Å². The molecule has 0 amide bonds. The Bertz CT molecular complexity index is 494. The largest absolute Gasteiger partial charge is 0.491 e. The van der Waals surface area contributed by atoms with E-state index in [-0.39, 0.29) is 5.60 Å². The molecular weight excluding hydrogens is 310 g/mol. The predicted molar refractivity (Wildman–Crippen MR) is 94.4 cm³/mol. The van der Waals surface area contributed by atoms with Crippen LogP contribution in [0.3, 0.4) is 0 Å². The second-order valence-electron chi connectivity index (χ2n) is 6.96. The molecule has 0 radical (unpaired) electrons. The van der Waals surface area contributed by atoms with Crippen LogP contribution in [0.15, 0.2) is 24.3 Å². The summed E-state index contributed by atoms with van der Waals surface area (Å²) in [7, 11) is 1.82. The van der Waals surface area contributed by atoms with E-state index in [1.165, 1.54) is 32.1 Å². The maximum absolute atomic E-state index is 6.02. The number of piperidine rings is 1. The topological polar surface area (TPSA) is 21.7 Å². The lowest BCUT2D eigenvalue weighted by atomic mass is 9.88. The molecule has 3 rings (SSSR count). The highest BCUT2D eigenvalue weighted by molar-refractivity contribution is 6.30. The van der Waals surface area contributed by atoms with Gasteiger partial charge in [-0.05, 0) is 43.9 Å². The van der Waals surface area contributed by atoms with E-state index in [9.17, 15) is 0 Å². The lowest BCUT2D eigenvalue weighted by molar-refractivity contribution is -0.0897. The van der Waals surface area contributed by atoms with Crippen LogP contribution in [0.4, 0.5) is 0 Å². The van der Waals surface area contributed by atoms with Gasteiger partial charge in [0.1, 0.15) is 18.0 Å². The maximum atomic E-state index is 6.02. The zero-order chi connectivity index (χ0) is 16.1. The fraction of sp³-hybridized carbons (Fsp3) is 0.684. The molecule has 128 valence electrons. The SMILES string of the molecule is COC1(COc2cccc(Cl)c2)CCN(C2CCCCC2)CC1. The van der Waals surface area contributed by atoms with Crippen LogP contribution in [-0.2, 0) is 4.74 Å². The van der Waals surface area contributed by atoms with E-state index >= 15 is 0 Å². The highest BCUT2D eigenvalue weighted by Crippen LogP contribution is 2.31. The molecule has 0 N–H and O–H groups in total. The van der Waals surface area contributed by atoms with Gasteiger partial charge in [-0.25, -0.2) is 0 Å². The summed E-state index contributed by atoms with van der Waals surface area (Å²) in [5, 5.41) is 0.709. The second-order valence-corrected chi connectivity index (χ2v) is 7.40. The molecule has 2 fully saturated rings. The number of methoxy groups -OCH3 is 1. The van der Waals surface area contributed by atoms with Crippen LogP contribution in [0, 0.1) is 0 Å². The van der Waals surface area contributed by atoms with E-state index in [0.29, 0.717) is 11.6 Å². The minimum atomic E-state index is -0.159. The van der Waals surface area contributed by atoms with E-state index in [0.717, 1.165) is 37.7 Å². The van der Waals surface area contributed by atoms with Crippen molar-refractivity contribution in [3.8, 4) is 5.75 Å². The molecule has 0 bridgehead atoms. The van der Waals surface area contributed by atoms with Crippen LogP contribution in [0.2, 0.25) is 5.02 Å². The molecule has 1 aliphatic heterocycles. The summed E-state index contributed by atoms with van der Waals surface area (Å²) in [6.45, 7) is 2.84. The molecule has 0 unspecified atom stereocenters. The normalized spacial score (nSPS) is 22.9. The molecule has 23 heavy (non-hydrogen) atoms. The highest BCUT2D eigenvalue weighted by atomic mass is 35.5. The number of likely N-dealkylation sites (tertiary alicyclic amines) is 1. The summed E-state index contributed by atoms with van der Waals surface area (Å²) in [5.74, 6) is 0.823. The van der Waals surface area contributed by atoms with E-state index < -0.39 is 0 Å². The number of hydrogen-bond donors (Lipinski definition) is 0. The van der Waals surface area contributed by atoms with Crippen molar-refractivity contribution < 1.29 is 9.47 Å². The first-order chi connectivity index (χ1) is 11.2. The fourth-order valence-electron chi connectivity index (χ4n) is 3.92. The van der Waals surface area contributed by atoms with Gasteiger partial charge in [0, 0.05) is 31.3 Å². The molecule has 1 saturated heterocycles. The van der Waals surface area contributed by atoms with Crippen molar-refractivity contribution in [2.45, 2.75) is 56.6 Å². The Hall–Kier alpha value is -0.770. The lowest BCUT2D eigenvalue weighted by Crippen LogP contribution is -2.52. The van der Waals surface area contributed by atoms with Crippen molar-refractivity contribution in [1.82, 2.24) is 4.90 Å². The molecule has 2 aliphatic rings. The van der Waals surface area contributed by atoms with Gasteiger partial charge in [-0.1, -0.05) is 36.9 Å². The Balaban J connectivity index is 1.53. The molecule has 1 saturated carbocycles. The van der Waals surface area contributed by atoms with Gasteiger partial charge in [-0.3, -0.25) is 0 Å². The van der Waals surface area contributed by atoms with Gasteiger partial charge in [0.15, 0.2) is 0 Å². The van der Waals surface area contributed by atoms with E-state index in [1.807, 2.05) is 31.4 Å². The Morgan fingerprint density at radius 3 is 2.57 bits per heavy atom. The van der Waals surface area contributed by atoms with Crippen LogP contribution in [0.5, 0.6) is 5.75 Å². The minimum Gasteiger partial charge on any atom is -0.491 e. The number of ether oxygens (including phenoxy) is 2. The van der Waals surface area contributed by atoms with Gasteiger partial charge in [0.05, 0.1) is 0 Å². The van der Waals surface area contributed by atoms with Crippen LogP contribution in [0.25, 0.3) is 0 Å². The first kappa shape index (κ1) is 17.1. The van der Waals surface area contributed by atoms with Crippen molar-refractivity contribution in [3.05, 3.63) is 29.3 Å². The van der Waals surface area contributed by atoms with Crippen molar-refractivity contribution in [3.63, 3.8) is 0 Å². The van der Waals surface area contributed by atoms with Gasteiger partial charge in [-0.2, -0.15) is 0 Å². The maximum Gasteiger partial charge on any atom is 0.120 e. The third-order valence-electron chi connectivity index (χ3n) is 5.53. The summed E-state index contributed by atoms with van der Waals surface area (Å²) in [5.41, 5.74) is -0.159. The van der Waals surface area contributed by atoms with Crippen LogP contribution >= 0.6 is 11.6 Å². The summed E-state index contributed by atoms with van der Waals surface area (Å²) in [4.78, 5) is 2.68. The Kier molecular flexibility index (Phi) is 5.84. The molecule has 1 aliphatic carbocycles. The molecule has 4 heteroatoms. The van der Waals surface area contributed by atoms with Gasteiger partial charge < -0.3 is 14.4 Å². The van der Waals surface area contributed by atoms with Crippen LogP contribution < -0.4 is 4.74 Å². The van der Waals surface area contributed by atoms with Gasteiger partial charge in [0.2, 0.25) is 0 Å². The molecule has 1 heterocycles. The predicted octanol–water partition coefficient (Wildman–Crippen LogP) is 4.53. The van der Waals surface area contributed by atoms with E-state index in [4.69, 9.17) is 21.1 Å². The van der Waals surface area contributed by atoms with Crippen molar-refractivity contribution in [2.24, 2.45) is 0 Å². The first-order valence-electron chi connectivity index (χ1n) is 8.88. The monoisotopic (exact) mass is 337 g/mol. The molecule has 1 aromatic carbocycles. The lowest BCUT2D eigenvalue weighted by Gasteiger charge is -2.44. The van der Waals surface area contributed by atoms with E-state index in [1.54, 1.807) is 0 Å². The summed E-state index contributed by atoms with van der Waals surface area (Å²) >= 11 is 6.02. The molecule has 0 spiro atoms. The van der Waals surface area contributed by atoms with Gasteiger partial charge in [0.25, 0.3) is 0 Å². The second kappa shape index (κ2) is 7.87. The third kappa shape index (κ3) is 4.40. The first-order valence-corrected chi connectivity index (χ1v) is 9.26. The molecule has 3 nitrogen and oxygen atoms in total.